The fourth-order valence-corrected chi connectivity index (χ4v) is 3.46. The molecule has 1 aliphatic rings. The first-order valence-corrected chi connectivity index (χ1v) is 9.57. The monoisotopic (exact) mass is 389 g/mol. The number of hydrogen-bond acceptors (Lipinski definition) is 6. The molecule has 1 amide bonds. The SMILES string of the molecule is CCn1nc(C)cc1-c1ccnc(N2N=C(NC=O)NC2Cc2ccccc2)c1. The molecule has 1 aromatic carbocycles. The lowest BCUT2D eigenvalue weighted by atomic mass is 10.1. The Labute approximate surface area is 169 Å². The van der Waals surface area contributed by atoms with Crippen molar-refractivity contribution in [3.05, 3.63) is 66.0 Å². The van der Waals surface area contributed by atoms with Gasteiger partial charge in [-0.2, -0.15) is 5.10 Å². The first-order chi connectivity index (χ1) is 14.2. The van der Waals surface area contributed by atoms with E-state index in [0.717, 1.165) is 29.1 Å². The van der Waals surface area contributed by atoms with Crippen LogP contribution in [0.25, 0.3) is 11.3 Å². The van der Waals surface area contributed by atoms with Crippen molar-refractivity contribution in [1.29, 1.82) is 0 Å². The number of aryl methyl sites for hydroxylation is 2. The summed E-state index contributed by atoms with van der Waals surface area (Å²) >= 11 is 0. The predicted octanol–water partition coefficient (Wildman–Crippen LogP) is 2.27. The van der Waals surface area contributed by atoms with Crippen LogP contribution in [-0.2, 0) is 17.8 Å². The Morgan fingerprint density at radius 1 is 1.21 bits per heavy atom. The maximum Gasteiger partial charge on any atom is 0.222 e. The van der Waals surface area contributed by atoms with Crippen molar-refractivity contribution in [3.8, 4) is 11.3 Å². The van der Waals surface area contributed by atoms with Crippen molar-refractivity contribution < 1.29 is 4.79 Å². The quantitative estimate of drug-likeness (QED) is 0.632. The highest BCUT2D eigenvalue weighted by Gasteiger charge is 2.28. The second-order valence-electron chi connectivity index (χ2n) is 6.79. The minimum absolute atomic E-state index is 0.166. The van der Waals surface area contributed by atoms with Gasteiger partial charge >= 0.3 is 0 Å². The molecule has 29 heavy (non-hydrogen) atoms. The van der Waals surface area contributed by atoms with Crippen molar-refractivity contribution >= 4 is 18.2 Å². The number of pyridine rings is 1. The number of hydrazone groups is 1. The Bertz CT molecular complexity index is 1030. The van der Waals surface area contributed by atoms with E-state index in [1.165, 1.54) is 0 Å². The van der Waals surface area contributed by atoms with Crippen molar-refractivity contribution in [2.75, 3.05) is 5.01 Å². The molecule has 2 aromatic heterocycles. The van der Waals surface area contributed by atoms with Gasteiger partial charge in [0, 0.05) is 24.7 Å². The first-order valence-electron chi connectivity index (χ1n) is 9.57. The number of aromatic nitrogens is 3. The molecule has 0 fully saturated rings. The highest BCUT2D eigenvalue weighted by atomic mass is 16.1. The average Bonchev–Trinajstić information content (AvgIpc) is 3.32. The largest absolute Gasteiger partial charge is 0.332 e. The highest BCUT2D eigenvalue weighted by Crippen LogP contribution is 2.26. The van der Waals surface area contributed by atoms with E-state index in [2.05, 4.69) is 50.9 Å². The summed E-state index contributed by atoms with van der Waals surface area (Å²) in [7, 11) is 0. The van der Waals surface area contributed by atoms with Gasteiger partial charge in [-0.3, -0.25) is 14.8 Å². The van der Waals surface area contributed by atoms with Crippen molar-refractivity contribution in [2.24, 2.45) is 5.10 Å². The van der Waals surface area contributed by atoms with E-state index in [9.17, 15) is 4.79 Å². The van der Waals surface area contributed by atoms with Crippen LogP contribution in [0.3, 0.4) is 0 Å². The van der Waals surface area contributed by atoms with E-state index in [1.54, 1.807) is 6.20 Å². The van der Waals surface area contributed by atoms with Crippen LogP contribution >= 0.6 is 0 Å². The number of nitrogens with zero attached hydrogens (tertiary/aromatic N) is 5. The fraction of sp³-hybridized carbons (Fsp3) is 0.238. The third-order valence-electron chi connectivity index (χ3n) is 4.75. The summed E-state index contributed by atoms with van der Waals surface area (Å²) in [6.45, 7) is 4.84. The molecule has 0 saturated heterocycles. The third kappa shape index (κ3) is 3.96. The van der Waals surface area contributed by atoms with Gasteiger partial charge in [-0.25, -0.2) is 9.99 Å². The number of rotatable bonds is 6. The molecular formula is C21H23N7O. The van der Waals surface area contributed by atoms with Crippen LogP contribution < -0.4 is 15.6 Å². The number of guanidine groups is 1. The summed E-state index contributed by atoms with van der Waals surface area (Å²) in [5.74, 6) is 1.10. The van der Waals surface area contributed by atoms with Crippen LogP contribution in [-0.4, -0.2) is 33.3 Å². The van der Waals surface area contributed by atoms with Gasteiger partial charge in [0.25, 0.3) is 0 Å². The molecule has 0 spiro atoms. The summed E-state index contributed by atoms with van der Waals surface area (Å²) in [6.07, 6.45) is 2.92. The maximum atomic E-state index is 10.9. The van der Waals surface area contributed by atoms with Crippen LogP contribution in [0.4, 0.5) is 5.82 Å². The van der Waals surface area contributed by atoms with Crippen molar-refractivity contribution in [3.63, 3.8) is 0 Å². The van der Waals surface area contributed by atoms with Gasteiger partial charge in [0.2, 0.25) is 12.4 Å². The van der Waals surface area contributed by atoms with Crippen LogP contribution in [0.1, 0.15) is 18.2 Å². The summed E-state index contributed by atoms with van der Waals surface area (Å²) in [6, 6.07) is 16.2. The number of anilines is 1. The molecule has 0 bridgehead atoms. The molecule has 1 atom stereocenters. The fourth-order valence-electron chi connectivity index (χ4n) is 3.46. The minimum atomic E-state index is -0.166. The standard InChI is InChI=1S/C21H23N7O/c1-3-27-18(11-15(2)25-27)17-9-10-22-19(13-17)28-20(24-21(26-28)23-14-29)12-16-7-5-4-6-8-16/h4-11,13-14,20H,3,12H2,1-2H3,(H2,23,24,26,29). The summed E-state index contributed by atoms with van der Waals surface area (Å²) in [5, 5.41) is 16.7. The van der Waals surface area contributed by atoms with Gasteiger partial charge in [-0.15, -0.1) is 5.10 Å². The van der Waals surface area contributed by atoms with Crippen molar-refractivity contribution in [2.45, 2.75) is 33.0 Å². The highest BCUT2D eigenvalue weighted by molar-refractivity contribution is 5.91. The maximum absolute atomic E-state index is 10.9. The van der Waals surface area contributed by atoms with Crippen LogP contribution in [0.2, 0.25) is 0 Å². The van der Waals surface area contributed by atoms with E-state index in [4.69, 9.17) is 0 Å². The molecule has 3 aromatic rings. The van der Waals surface area contributed by atoms with Gasteiger partial charge in [-0.05, 0) is 37.6 Å². The first kappa shape index (κ1) is 18.7. The van der Waals surface area contributed by atoms with Crippen LogP contribution in [0.5, 0.6) is 0 Å². The zero-order chi connectivity index (χ0) is 20.2. The number of nitrogens with one attached hydrogen (secondary N) is 2. The predicted molar refractivity (Wildman–Crippen MR) is 112 cm³/mol. The molecule has 1 unspecified atom stereocenters. The normalized spacial score (nSPS) is 15.7. The molecule has 148 valence electrons. The molecule has 0 radical (unpaired) electrons. The zero-order valence-corrected chi connectivity index (χ0v) is 16.4. The van der Waals surface area contributed by atoms with Crippen molar-refractivity contribution in [1.82, 2.24) is 25.4 Å². The molecule has 1 aliphatic heterocycles. The Balaban J connectivity index is 1.67. The lowest BCUT2D eigenvalue weighted by Gasteiger charge is -2.22. The molecule has 0 saturated carbocycles. The summed E-state index contributed by atoms with van der Waals surface area (Å²) in [5.41, 5.74) is 4.19. The Morgan fingerprint density at radius 3 is 2.79 bits per heavy atom. The molecule has 8 heteroatoms. The number of benzene rings is 1. The zero-order valence-electron chi connectivity index (χ0n) is 16.4. The number of hydrogen-bond donors (Lipinski definition) is 2. The molecule has 4 rings (SSSR count). The molecule has 0 aliphatic carbocycles. The van der Waals surface area contributed by atoms with E-state index < -0.39 is 0 Å². The Kier molecular flexibility index (Phi) is 5.24. The number of carbonyl (C=O) groups is 1. The molecule has 2 N–H and O–H groups in total. The summed E-state index contributed by atoms with van der Waals surface area (Å²) < 4.78 is 1.97. The van der Waals surface area contributed by atoms with Crippen LogP contribution in [0.15, 0.2) is 59.8 Å². The topological polar surface area (TPSA) is 87.4 Å². The number of carbonyl (C=O) groups excluding carboxylic acids is 1. The third-order valence-corrected chi connectivity index (χ3v) is 4.75. The van der Waals surface area contributed by atoms with Crippen LogP contribution in [0, 0.1) is 6.92 Å². The summed E-state index contributed by atoms with van der Waals surface area (Å²) in [4.78, 5) is 15.4. The smallest absolute Gasteiger partial charge is 0.222 e. The van der Waals surface area contributed by atoms with E-state index in [1.807, 2.05) is 46.9 Å². The average molecular weight is 389 g/mol. The molecule has 3 heterocycles. The lowest BCUT2D eigenvalue weighted by molar-refractivity contribution is -0.108. The van der Waals surface area contributed by atoms with E-state index in [0.29, 0.717) is 24.6 Å². The van der Waals surface area contributed by atoms with E-state index >= 15 is 0 Å². The molecular weight excluding hydrogens is 366 g/mol. The van der Waals surface area contributed by atoms with Gasteiger partial charge < -0.3 is 5.32 Å². The minimum Gasteiger partial charge on any atom is -0.332 e. The second-order valence-corrected chi connectivity index (χ2v) is 6.79. The lowest BCUT2D eigenvalue weighted by Crippen LogP contribution is -2.43. The Morgan fingerprint density at radius 2 is 2.03 bits per heavy atom. The molecule has 8 nitrogen and oxygen atoms in total. The second kappa shape index (κ2) is 8.14. The van der Waals surface area contributed by atoms with E-state index in [-0.39, 0.29) is 6.17 Å². The van der Waals surface area contributed by atoms with Gasteiger partial charge in [0.15, 0.2) is 5.82 Å². The van der Waals surface area contributed by atoms with Gasteiger partial charge in [0.05, 0.1) is 11.4 Å². The van der Waals surface area contributed by atoms with Gasteiger partial charge in [-0.1, -0.05) is 30.3 Å². The van der Waals surface area contributed by atoms with Gasteiger partial charge in [0.1, 0.15) is 6.17 Å². The Hall–Kier alpha value is -3.68. The number of amides is 1.